The van der Waals surface area contributed by atoms with Crippen molar-refractivity contribution in [3.05, 3.63) is 112 Å². The van der Waals surface area contributed by atoms with Crippen molar-refractivity contribution >= 4 is 35.0 Å². The molecule has 9 nitrogen and oxygen atoms in total. The predicted octanol–water partition coefficient (Wildman–Crippen LogP) is 4.47. The second-order valence-corrected chi connectivity index (χ2v) is 9.90. The smallest absolute Gasteiger partial charge is 0.257 e. The van der Waals surface area contributed by atoms with Gasteiger partial charge in [0.2, 0.25) is 5.88 Å². The van der Waals surface area contributed by atoms with E-state index in [9.17, 15) is 14.4 Å². The van der Waals surface area contributed by atoms with Crippen LogP contribution in [0.2, 0.25) is 5.02 Å². The third kappa shape index (κ3) is 5.84. The van der Waals surface area contributed by atoms with Crippen molar-refractivity contribution < 1.29 is 19.1 Å². The van der Waals surface area contributed by atoms with Crippen molar-refractivity contribution in [2.75, 3.05) is 12.4 Å². The van der Waals surface area contributed by atoms with E-state index in [2.05, 4.69) is 20.3 Å². The molecule has 1 N–H and O–H groups in total. The molecule has 1 aliphatic heterocycles. The lowest BCUT2D eigenvalue weighted by Gasteiger charge is -2.29. The zero-order valence-corrected chi connectivity index (χ0v) is 22.7. The number of anilines is 1. The summed E-state index contributed by atoms with van der Waals surface area (Å²) in [6.45, 7) is 1.99. The van der Waals surface area contributed by atoms with Gasteiger partial charge in [0.15, 0.2) is 11.6 Å². The highest BCUT2D eigenvalue weighted by molar-refractivity contribution is 6.30. The molecule has 0 fully saturated rings. The molecule has 0 saturated heterocycles. The van der Waals surface area contributed by atoms with Gasteiger partial charge in [-0.3, -0.25) is 19.4 Å². The number of pyridine rings is 1. The Hall–Kier alpha value is -4.63. The molecule has 4 aromatic rings. The molecular formula is C30H26ClN5O4. The summed E-state index contributed by atoms with van der Waals surface area (Å²) in [6.07, 6.45) is 4.88. The van der Waals surface area contributed by atoms with Crippen molar-refractivity contribution in [1.29, 1.82) is 0 Å². The summed E-state index contributed by atoms with van der Waals surface area (Å²) in [4.78, 5) is 54.4. The van der Waals surface area contributed by atoms with E-state index in [4.69, 9.17) is 16.3 Å². The van der Waals surface area contributed by atoms with E-state index in [0.29, 0.717) is 44.7 Å². The van der Waals surface area contributed by atoms with Gasteiger partial charge in [-0.15, -0.1) is 0 Å². The third-order valence-corrected chi connectivity index (χ3v) is 7.00. The van der Waals surface area contributed by atoms with Crippen LogP contribution in [0.4, 0.5) is 5.82 Å². The SMILES string of the molecule is COc1cnc(NC(=O)c2ccc(CN3C(=O)c4ccc(Cl)cc4CC(=O)[C@H]3Cc3ccccn3)cc2C)cn1. The van der Waals surface area contributed by atoms with Gasteiger partial charge in [0.1, 0.15) is 0 Å². The third-order valence-electron chi connectivity index (χ3n) is 6.77. The first kappa shape index (κ1) is 27.0. The van der Waals surface area contributed by atoms with Crippen LogP contribution in [0.15, 0.2) is 73.2 Å². The lowest BCUT2D eigenvalue weighted by atomic mass is 9.99. The highest BCUT2D eigenvalue weighted by Crippen LogP contribution is 2.27. The average molecular weight is 556 g/mol. The molecular weight excluding hydrogens is 530 g/mol. The summed E-state index contributed by atoms with van der Waals surface area (Å²) in [5.41, 5.74) is 3.72. The maximum Gasteiger partial charge on any atom is 0.257 e. The molecule has 2 aromatic heterocycles. The van der Waals surface area contributed by atoms with Crippen LogP contribution in [0.25, 0.3) is 0 Å². The number of methoxy groups -OCH3 is 1. The first-order chi connectivity index (χ1) is 19.3. The van der Waals surface area contributed by atoms with Crippen LogP contribution in [0, 0.1) is 6.92 Å². The van der Waals surface area contributed by atoms with Gasteiger partial charge in [0.25, 0.3) is 11.8 Å². The predicted molar refractivity (Wildman–Crippen MR) is 149 cm³/mol. The largest absolute Gasteiger partial charge is 0.480 e. The second kappa shape index (κ2) is 11.6. The molecule has 3 heterocycles. The molecule has 1 aliphatic rings. The van der Waals surface area contributed by atoms with Gasteiger partial charge < -0.3 is 15.0 Å². The Bertz CT molecular complexity index is 1580. The highest BCUT2D eigenvalue weighted by Gasteiger charge is 2.35. The molecule has 0 aliphatic carbocycles. The standard InChI is InChI=1S/C30H26ClN5O4/c1-18-11-19(6-8-23(18)29(38)35-27-15-34-28(40-2)16-33-27)17-36-25(14-22-5-3-4-10-32-22)26(37)13-20-12-21(31)7-9-24(20)30(36)39/h3-12,15-16,25H,13-14,17H2,1-2H3,(H,33,35,38)/t25-/m1/s1. The van der Waals surface area contributed by atoms with E-state index in [1.165, 1.54) is 19.5 Å². The van der Waals surface area contributed by atoms with Crippen LogP contribution in [0.1, 0.15) is 43.1 Å². The van der Waals surface area contributed by atoms with Crippen molar-refractivity contribution in [3.8, 4) is 5.88 Å². The van der Waals surface area contributed by atoms with Gasteiger partial charge in [-0.2, -0.15) is 0 Å². The number of nitrogens with one attached hydrogen (secondary N) is 1. The number of aryl methyl sites for hydroxylation is 1. The number of Topliss-reactive ketones (excluding diaryl/α,β-unsaturated/α-hetero) is 1. The van der Waals surface area contributed by atoms with E-state index >= 15 is 0 Å². The Morgan fingerprint density at radius 1 is 1.07 bits per heavy atom. The number of ether oxygens (including phenoxy) is 1. The number of hydrogen-bond acceptors (Lipinski definition) is 7. The second-order valence-electron chi connectivity index (χ2n) is 9.47. The van der Waals surface area contributed by atoms with Gasteiger partial charge >= 0.3 is 0 Å². The number of carbonyl (C=O) groups excluding carboxylic acids is 3. The molecule has 0 radical (unpaired) electrons. The van der Waals surface area contributed by atoms with Crippen LogP contribution in [0.5, 0.6) is 5.88 Å². The number of amides is 2. The topological polar surface area (TPSA) is 114 Å². The van der Waals surface area contributed by atoms with E-state index in [-0.39, 0.29) is 37.0 Å². The number of rotatable bonds is 7. The summed E-state index contributed by atoms with van der Waals surface area (Å²) in [5.74, 6) is -0.0565. The summed E-state index contributed by atoms with van der Waals surface area (Å²) in [7, 11) is 1.48. The molecule has 40 heavy (non-hydrogen) atoms. The molecule has 0 unspecified atom stereocenters. The summed E-state index contributed by atoms with van der Waals surface area (Å²) in [6, 6.07) is 15.1. The minimum atomic E-state index is -0.717. The minimum Gasteiger partial charge on any atom is -0.480 e. The molecule has 202 valence electrons. The number of nitrogens with zero attached hydrogens (tertiary/aromatic N) is 4. The van der Waals surface area contributed by atoms with E-state index in [0.717, 1.165) is 5.56 Å². The average Bonchev–Trinajstić information content (AvgIpc) is 3.03. The lowest BCUT2D eigenvalue weighted by molar-refractivity contribution is -0.122. The van der Waals surface area contributed by atoms with Crippen LogP contribution < -0.4 is 10.1 Å². The maximum absolute atomic E-state index is 13.8. The Kier molecular flexibility index (Phi) is 7.84. The van der Waals surface area contributed by atoms with Crippen molar-refractivity contribution in [1.82, 2.24) is 19.9 Å². The number of ketones is 1. The van der Waals surface area contributed by atoms with Gasteiger partial charge in [-0.05, 0) is 60.0 Å². The molecule has 1 atom stereocenters. The van der Waals surface area contributed by atoms with E-state index < -0.39 is 6.04 Å². The number of halogens is 1. The number of aromatic nitrogens is 3. The zero-order valence-electron chi connectivity index (χ0n) is 21.9. The summed E-state index contributed by atoms with van der Waals surface area (Å²) in [5, 5.41) is 3.20. The minimum absolute atomic E-state index is 0.0895. The number of hydrogen-bond donors (Lipinski definition) is 1. The van der Waals surface area contributed by atoms with Crippen LogP contribution in [-0.4, -0.2) is 50.6 Å². The van der Waals surface area contributed by atoms with Crippen molar-refractivity contribution in [2.24, 2.45) is 0 Å². The first-order valence-electron chi connectivity index (χ1n) is 12.6. The Morgan fingerprint density at radius 3 is 2.62 bits per heavy atom. The fourth-order valence-corrected chi connectivity index (χ4v) is 4.96. The first-order valence-corrected chi connectivity index (χ1v) is 13.0. The molecule has 2 amide bonds. The Labute approximate surface area is 236 Å². The summed E-state index contributed by atoms with van der Waals surface area (Å²) < 4.78 is 5.00. The molecule has 0 saturated carbocycles. The molecule has 5 rings (SSSR count). The number of carbonyl (C=O) groups is 3. The van der Waals surface area contributed by atoms with Gasteiger partial charge in [0, 0.05) is 47.4 Å². The quantitative estimate of drug-likeness (QED) is 0.358. The van der Waals surface area contributed by atoms with Gasteiger partial charge in [-0.25, -0.2) is 9.97 Å². The van der Waals surface area contributed by atoms with Crippen LogP contribution in [0.3, 0.4) is 0 Å². The molecule has 0 bridgehead atoms. The van der Waals surface area contributed by atoms with E-state index in [1.807, 2.05) is 25.1 Å². The normalized spacial score (nSPS) is 14.9. The van der Waals surface area contributed by atoms with Crippen molar-refractivity contribution in [3.63, 3.8) is 0 Å². The molecule has 2 aromatic carbocycles. The molecule has 10 heteroatoms. The Balaban J connectivity index is 1.42. The maximum atomic E-state index is 13.8. The van der Waals surface area contributed by atoms with E-state index in [1.54, 1.807) is 47.5 Å². The van der Waals surface area contributed by atoms with Gasteiger partial charge in [0.05, 0.1) is 25.5 Å². The number of benzene rings is 2. The van der Waals surface area contributed by atoms with Gasteiger partial charge in [-0.1, -0.05) is 29.8 Å². The fourth-order valence-electron chi connectivity index (χ4n) is 4.76. The van der Waals surface area contributed by atoms with Crippen LogP contribution >= 0.6 is 11.6 Å². The highest BCUT2D eigenvalue weighted by atomic mass is 35.5. The lowest BCUT2D eigenvalue weighted by Crippen LogP contribution is -2.45. The zero-order chi connectivity index (χ0) is 28.2. The van der Waals surface area contributed by atoms with Crippen molar-refractivity contribution in [2.45, 2.75) is 32.4 Å². The fraction of sp³-hybridized carbons (Fsp3) is 0.200. The van der Waals surface area contributed by atoms with Crippen LogP contribution in [-0.2, 0) is 24.2 Å². The Morgan fingerprint density at radius 2 is 1.93 bits per heavy atom. The molecule has 0 spiro atoms. The number of fused-ring (bicyclic) bond motifs is 1. The monoisotopic (exact) mass is 555 g/mol. The summed E-state index contributed by atoms with van der Waals surface area (Å²) >= 11 is 6.19.